The number of nitrogens with zero attached hydrogens (tertiary/aromatic N) is 3. The summed E-state index contributed by atoms with van der Waals surface area (Å²) in [4.78, 5) is 9.84. The van der Waals surface area contributed by atoms with E-state index in [2.05, 4.69) is 34.7 Å². The fourth-order valence-corrected chi connectivity index (χ4v) is 3.68. The SMILES string of the molecule is C=CCOc1ccccc1CN=C(NCC)N1CCC(N2CCOCC2)C1. The first-order valence-electron chi connectivity index (χ1n) is 9.98. The Hall–Kier alpha value is -2.05. The van der Waals surface area contributed by atoms with Crippen LogP contribution in [0.1, 0.15) is 18.9 Å². The standard InChI is InChI=1S/C21H32N4O2/c1-3-13-27-20-8-6-5-7-18(20)16-23-21(22-4-2)25-10-9-19(17-25)24-11-14-26-15-12-24/h3,5-8,19H,1,4,9-17H2,2H3,(H,22,23). The van der Waals surface area contributed by atoms with Crippen LogP contribution in [0, 0.1) is 0 Å². The van der Waals surface area contributed by atoms with E-state index >= 15 is 0 Å². The zero-order valence-corrected chi connectivity index (χ0v) is 16.4. The van der Waals surface area contributed by atoms with Crippen molar-refractivity contribution in [2.45, 2.75) is 25.9 Å². The third kappa shape index (κ3) is 5.47. The van der Waals surface area contributed by atoms with Crippen molar-refractivity contribution in [3.8, 4) is 5.75 Å². The monoisotopic (exact) mass is 372 g/mol. The summed E-state index contributed by atoms with van der Waals surface area (Å²) >= 11 is 0. The minimum Gasteiger partial charge on any atom is -0.489 e. The van der Waals surface area contributed by atoms with Gasteiger partial charge in [0.1, 0.15) is 12.4 Å². The molecule has 0 bridgehead atoms. The molecule has 1 N–H and O–H groups in total. The van der Waals surface area contributed by atoms with Gasteiger partial charge in [0.05, 0.1) is 19.8 Å². The number of morpholine rings is 1. The van der Waals surface area contributed by atoms with Crippen molar-refractivity contribution in [1.82, 2.24) is 15.1 Å². The molecule has 3 rings (SSSR count). The second kappa shape index (κ2) is 10.3. The highest BCUT2D eigenvalue weighted by molar-refractivity contribution is 5.80. The highest BCUT2D eigenvalue weighted by atomic mass is 16.5. The third-order valence-corrected chi connectivity index (χ3v) is 5.09. The Bertz CT molecular complexity index is 628. The van der Waals surface area contributed by atoms with Crippen molar-refractivity contribution in [3.05, 3.63) is 42.5 Å². The molecular formula is C21H32N4O2. The molecule has 6 heteroatoms. The number of ether oxygens (including phenoxy) is 2. The summed E-state index contributed by atoms with van der Waals surface area (Å²) < 4.78 is 11.3. The van der Waals surface area contributed by atoms with Gasteiger partial charge in [0.15, 0.2) is 5.96 Å². The number of likely N-dealkylation sites (tertiary alicyclic amines) is 1. The van der Waals surface area contributed by atoms with E-state index in [1.807, 2.05) is 18.2 Å². The van der Waals surface area contributed by atoms with Crippen molar-refractivity contribution in [3.63, 3.8) is 0 Å². The second-order valence-corrected chi connectivity index (χ2v) is 6.91. The van der Waals surface area contributed by atoms with Crippen LogP contribution in [-0.2, 0) is 11.3 Å². The van der Waals surface area contributed by atoms with Crippen LogP contribution in [-0.4, -0.2) is 74.3 Å². The fraction of sp³-hybridized carbons (Fsp3) is 0.571. The van der Waals surface area contributed by atoms with E-state index in [4.69, 9.17) is 14.5 Å². The van der Waals surface area contributed by atoms with Crippen molar-refractivity contribution >= 4 is 5.96 Å². The molecule has 148 valence electrons. The lowest BCUT2D eigenvalue weighted by molar-refractivity contribution is 0.0195. The summed E-state index contributed by atoms with van der Waals surface area (Å²) in [6, 6.07) is 8.69. The molecule has 1 aromatic carbocycles. The minimum absolute atomic E-state index is 0.508. The van der Waals surface area contributed by atoms with Crippen LogP contribution in [0.2, 0.25) is 0 Å². The molecular weight excluding hydrogens is 340 g/mol. The maximum Gasteiger partial charge on any atom is 0.194 e. The van der Waals surface area contributed by atoms with Gasteiger partial charge in [-0.1, -0.05) is 30.9 Å². The first-order valence-corrected chi connectivity index (χ1v) is 9.98. The van der Waals surface area contributed by atoms with E-state index in [1.165, 1.54) is 6.42 Å². The van der Waals surface area contributed by atoms with Gasteiger partial charge in [0.2, 0.25) is 0 Å². The lowest BCUT2D eigenvalue weighted by Gasteiger charge is -2.32. The van der Waals surface area contributed by atoms with E-state index in [0.29, 0.717) is 19.2 Å². The molecule has 0 radical (unpaired) electrons. The molecule has 1 unspecified atom stereocenters. The maximum absolute atomic E-state index is 5.76. The molecule has 2 saturated heterocycles. The Morgan fingerprint density at radius 1 is 1.33 bits per heavy atom. The predicted octanol–water partition coefficient (Wildman–Crippen LogP) is 2.12. The normalized spacial score (nSPS) is 21.3. The van der Waals surface area contributed by atoms with Crippen LogP contribution in [0.4, 0.5) is 0 Å². The number of guanidine groups is 1. The molecule has 2 aliphatic heterocycles. The maximum atomic E-state index is 5.76. The first kappa shape index (κ1) is 19.7. The lowest BCUT2D eigenvalue weighted by atomic mass is 10.2. The second-order valence-electron chi connectivity index (χ2n) is 6.91. The van der Waals surface area contributed by atoms with Crippen molar-refractivity contribution < 1.29 is 9.47 Å². The molecule has 2 aliphatic rings. The summed E-state index contributed by atoms with van der Waals surface area (Å²) in [5, 5.41) is 3.46. The molecule has 6 nitrogen and oxygen atoms in total. The Kier molecular flexibility index (Phi) is 7.54. The van der Waals surface area contributed by atoms with Gasteiger partial charge in [-0.05, 0) is 19.4 Å². The number of aliphatic imine (C=N–C) groups is 1. The number of hydrogen-bond donors (Lipinski definition) is 1. The summed E-state index contributed by atoms with van der Waals surface area (Å²) in [7, 11) is 0. The Balaban J connectivity index is 1.64. The molecule has 27 heavy (non-hydrogen) atoms. The third-order valence-electron chi connectivity index (χ3n) is 5.09. The van der Waals surface area contributed by atoms with E-state index in [-0.39, 0.29) is 0 Å². The Labute approximate surface area is 162 Å². The molecule has 2 fully saturated rings. The summed E-state index contributed by atoms with van der Waals surface area (Å²) in [6.07, 6.45) is 2.95. The van der Waals surface area contributed by atoms with E-state index < -0.39 is 0 Å². The van der Waals surface area contributed by atoms with Gasteiger partial charge in [-0.25, -0.2) is 4.99 Å². The molecule has 0 saturated carbocycles. The first-order chi connectivity index (χ1) is 13.3. The smallest absolute Gasteiger partial charge is 0.194 e. The zero-order chi connectivity index (χ0) is 18.9. The van der Waals surface area contributed by atoms with Crippen LogP contribution in [0.15, 0.2) is 41.9 Å². The number of hydrogen-bond acceptors (Lipinski definition) is 4. The van der Waals surface area contributed by atoms with Crippen LogP contribution >= 0.6 is 0 Å². The number of benzene rings is 1. The zero-order valence-electron chi connectivity index (χ0n) is 16.4. The number of rotatable bonds is 7. The lowest BCUT2D eigenvalue weighted by Crippen LogP contribution is -2.46. The van der Waals surface area contributed by atoms with E-state index in [1.54, 1.807) is 6.08 Å². The Morgan fingerprint density at radius 3 is 2.93 bits per heavy atom. The van der Waals surface area contributed by atoms with Gasteiger partial charge in [0, 0.05) is 44.3 Å². The summed E-state index contributed by atoms with van der Waals surface area (Å²) in [5.41, 5.74) is 1.10. The molecule has 2 heterocycles. The molecule has 1 aromatic rings. The Morgan fingerprint density at radius 2 is 2.15 bits per heavy atom. The predicted molar refractivity (Wildman–Crippen MR) is 109 cm³/mol. The molecule has 0 spiro atoms. The molecule has 0 amide bonds. The van der Waals surface area contributed by atoms with Gasteiger partial charge in [-0.15, -0.1) is 0 Å². The topological polar surface area (TPSA) is 49.3 Å². The largest absolute Gasteiger partial charge is 0.489 e. The minimum atomic E-state index is 0.508. The van der Waals surface area contributed by atoms with Crippen molar-refractivity contribution in [1.29, 1.82) is 0 Å². The average Bonchev–Trinajstić information content (AvgIpc) is 3.21. The number of para-hydroxylation sites is 1. The molecule has 1 atom stereocenters. The highest BCUT2D eigenvalue weighted by Crippen LogP contribution is 2.20. The quantitative estimate of drug-likeness (QED) is 0.451. The summed E-state index contributed by atoms with van der Waals surface area (Å²) in [6.45, 7) is 13.7. The van der Waals surface area contributed by atoms with Gasteiger partial charge < -0.3 is 19.7 Å². The van der Waals surface area contributed by atoms with Crippen LogP contribution in [0.3, 0.4) is 0 Å². The van der Waals surface area contributed by atoms with E-state index in [9.17, 15) is 0 Å². The average molecular weight is 373 g/mol. The van der Waals surface area contributed by atoms with Crippen molar-refractivity contribution in [2.75, 3.05) is 52.5 Å². The van der Waals surface area contributed by atoms with Gasteiger partial charge in [0.25, 0.3) is 0 Å². The van der Waals surface area contributed by atoms with Crippen LogP contribution in [0.25, 0.3) is 0 Å². The van der Waals surface area contributed by atoms with Gasteiger partial charge >= 0.3 is 0 Å². The summed E-state index contributed by atoms with van der Waals surface area (Å²) in [5.74, 6) is 1.87. The van der Waals surface area contributed by atoms with Crippen LogP contribution < -0.4 is 10.1 Å². The van der Waals surface area contributed by atoms with Gasteiger partial charge in [-0.2, -0.15) is 0 Å². The van der Waals surface area contributed by atoms with E-state index in [0.717, 1.165) is 63.2 Å². The van der Waals surface area contributed by atoms with Crippen LogP contribution in [0.5, 0.6) is 5.75 Å². The van der Waals surface area contributed by atoms with Gasteiger partial charge in [-0.3, -0.25) is 4.90 Å². The van der Waals surface area contributed by atoms with Crippen molar-refractivity contribution in [2.24, 2.45) is 4.99 Å². The molecule has 0 aromatic heterocycles. The fourth-order valence-electron chi connectivity index (χ4n) is 3.68. The highest BCUT2D eigenvalue weighted by Gasteiger charge is 2.30. The molecule has 0 aliphatic carbocycles. The number of nitrogens with one attached hydrogen (secondary N) is 1.